The van der Waals surface area contributed by atoms with Crippen LogP contribution in [0.25, 0.3) is 0 Å². The molecule has 1 unspecified atom stereocenters. The number of carbonyl (C=O) groups excluding carboxylic acids is 1. The Balaban J connectivity index is 2.41. The molecule has 86 valence electrons. The van der Waals surface area contributed by atoms with E-state index in [4.69, 9.17) is 9.84 Å². The molecule has 0 aliphatic carbocycles. The minimum absolute atomic E-state index is 0.0337. The lowest BCUT2D eigenvalue weighted by atomic mass is 10.2. The highest BCUT2D eigenvalue weighted by Crippen LogP contribution is 2.08. The zero-order valence-corrected chi connectivity index (χ0v) is 8.94. The lowest BCUT2D eigenvalue weighted by molar-refractivity contribution is -0.159. The number of nitrogens with zero attached hydrogens (tertiary/aromatic N) is 1. The van der Waals surface area contributed by atoms with E-state index in [0.29, 0.717) is 19.6 Å². The van der Waals surface area contributed by atoms with Gasteiger partial charge in [0.1, 0.15) is 0 Å². The second-order valence-electron chi connectivity index (χ2n) is 3.64. The number of amides is 1. The van der Waals surface area contributed by atoms with Crippen molar-refractivity contribution in [3.05, 3.63) is 0 Å². The molecule has 5 nitrogen and oxygen atoms in total. The SMILES string of the molecule is CCCCC(=O)N1CCOC(C(=O)O)C1. The van der Waals surface area contributed by atoms with Crippen molar-refractivity contribution < 1.29 is 19.4 Å². The van der Waals surface area contributed by atoms with Crippen molar-refractivity contribution in [2.75, 3.05) is 19.7 Å². The molecule has 0 aromatic carbocycles. The maximum absolute atomic E-state index is 11.6. The van der Waals surface area contributed by atoms with Gasteiger partial charge in [0, 0.05) is 13.0 Å². The summed E-state index contributed by atoms with van der Waals surface area (Å²) >= 11 is 0. The van der Waals surface area contributed by atoms with E-state index in [2.05, 4.69) is 0 Å². The lowest BCUT2D eigenvalue weighted by Gasteiger charge is -2.30. The summed E-state index contributed by atoms with van der Waals surface area (Å²) in [6, 6.07) is 0. The van der Waals surface area contributed by atoms with E-state index in [1.54, 1.807) is 4.90 Å². The van der Waals surface area contributed by atoms with E-state index in [-0.39, 0.29) is 12.5 Å². The Labute approximate surface area is 89.0 Å². The average Bonchev–Trinajstić information content (AvgIpc) is 2.26. The van der Waals surface area contributed by atoms with Crippen LogP contribution in [0.5, 0.6) is 0 Å². The van der Waals surface area contributed by atoms with Gasteiger partial charge in [-0.2, -0.15) is 0 Å². The van der Waals surface area contributed by atoms with Crippen LogP contribution in [-0.4, -0.2) is 47.7 Å². The monoisotopic (exact) mass is 215 g/mol. The van der Waals surface area contributed by atoms with Gasteiger partial charge in [0.2, 0.25) is 5.91 Å². The second kappa shape index (κ2) is 5.70. The summed E-state index contributed by atoms with van der Waals surface area (Å²) in [6.45, 7) is 3.02. The first-order chi connectivity index (χ1) is 7.15. The molecule has 1 amide bonds. The van der Waals surface area contributed by atoms with Crippen molar-refractivity contribution in [3.63, 3.8) is 0 Å². The molecule has 1 aliphatic rings. The van der Waals surface area contributed by atoms with Crippen LogP contribution in [0, 0.1) is 0 Å². The van der Waals surface area contributed by atoms with Crippen LogP contribution >= 0.6 is 0 Å². The number of carbonyl (C=O) groups is 2. The van der Waals surface area contributed by atoms with E-state index in [1.165, 1.54) is 0 Å². The van der Waals surface area contributed by atoms with Gasteiger partial charge in [0.15, 0.2) is 6.10 Å². The van der Waals surface area contributed by atoms with Crippen molar-refractivity contribution in [3.8, 4) is 0 Å². The molecule has 1 heterocycles. The van der Waals surface area contributed by atoms with E-state index in [9.17, 15) is 9.59 Å². The molecule has 0 spiro atoms. The van der Waals surface area contributed by atoms with E-state index < -0.39 is 12.1 Å². The third kappa shape index (κ3) is 3.51. The lowest BCUT2D eigenvalue weighted by Crippen LogP contribution is -2.48. The number of hydrogen-bond donors (Lipinski definition) is 1. The first kappa shape index (κ1) is 12.0. The normalized spacial score (nSPS) is 21.4. The predicted octanol–water partition coefficient (Wildman–Crippen LogP) is 0.489. The first-order valence-electron chi connectivity index (χ1n) is 5.27. The van der Waals surface area contributed by atoms with Gasteiger partial charge in [-0.1, -0.05) is 13.3 Å². The summed E-state index contributed by atoms with van der Waals surface area (Å²) in [6.07, 6.45) is 1.47. The van der Waals surface area contributed by atoms with E-state index >= 15 is 0 Å². The van der Waals surface area contributed by atoms with Gasteiger partial charge in [-0.05, 0) is 6.42 Å². The fourth-order valence-corrected chi connectivity index (χ4v) is 1.51. The molecule has 0 bridgehead atoms. The molecular weight excluding hydrogens is 198 g/mol. The van der Waals surface area contributed by atoms with Crippen molar-refractivity contribution >= 4 is 11.9 Å². The molecule has 1 rings (SSSR count). The minimum atomic E-state index is -0.997. The topological polar surface area (TPSA) is 66.8 Å². The summed E-state index contributed by atoms with van der Waals surface area (Å²) in [5.41, 5.74) is 0. The van der Waals surface area contributed by atoms with Gasteiger partial charge >= 0.3 is 5.97 Å². The number of aliphatic carboxylic acids is 1. The molecule has 5 heteroatoms. The van der Waals surface area contributed by atoms with Crippen LogP contribution in [0.3, 0.4) is 0 Å². The Kier molecular flexibility index (Phi) is 4.55. The van der Waals surface area contributed by atoms with Crippen molar-refractivity contribution in [1.29, 1.82) is 0 Å². The molecule has 1 saturated heterocycles. The third-order valence-electron chi connectivity index (χ3n) is 2.44. The Bertz CT molecular complexity index is 242. The molecule has 15 heavy (non-hydrogen) atoms. The number of morpholine rings is 1. The summed E-state index contributed by atoms with van der Waals surface area (Å²) in [5.74, 6) is -0.964. The molecule has 0 aromatic rings. The van der Waals surface area contributed by atoms with E-state index in [0.717, 1.165) is 12.8 Å². The predicted molar refractivity (Wildman–Crippen MR) is 53.5 cm³/mol. The van der Waals surface area contributed by atoms with Crippen molar-refractivity contribution in [2.24, 2.45) is 0 Å². The highest BCUT2D eigenvalue weighted by molar-refractivity contribution is 5.78. The quantitative estimate of drug-likeness (QED) is 0.741. The van der Waals surface area contributed by atoms with Gasteiger partial charge in [-0.3, -0.25) is 4.79 Å². The van der Waals surface area contributed by atoms with Crippen LogP contribution in [0.2, 0.25) is 0 Å². The van der Waals surface area contributed by atoms with Gasteiger partial charge in [-0.25, -0.2) is 4.79 Å². The van der Waals surface area contributed by atoms with Crippen LogP contribution < -0.4 is 0 Å². The average molecular weight is 215 g/mol. The number of carboxylic acid groups (broad SMARTS) is 1. The number of carboxylic acids is 1. The largest absolute Gasteiger partial charge is 0.479 e. The number of ether oxygens (including phenoxy) is 1. The fourth-order valence-electron chi connectivity index (χ4n) is 1.51. The summed E-state index contributed by atoms with van der Waals surface area (Å²) in [5, 5.41) is 8.75. The first-order valence-corrected chi connectivity index (χ1v) is 5.27. The van der Waals surface area contributed by atoms with Gasteiger partial charge in [0.25, 0.3) is 0 Å². The highest BCUT2D eigenvalue weighted by atomic mass is 16.5. The highest BCUT2D eigenvalue weighted by Gasteiger charge is 2.28. The summed E-state index contributed by atoms with van der Waals surface area (Å²) < 4.78 is 5.03. The molecule has 1 aliphatic heterocycles. The Morgan fingerprint density at radius 1 is 1.53 bits per heavy atom. The maximum Gasteiger partial charge on any atom is 0.334 e. The van der Waals surface area contributed by atoms with Crippen LogP contribution in [0.4, 0.5) is 0 Å². The molecule has 0 aromatic heterocycles. The smallest absolute Gasteiger partial charge is 0.334 e. The third-order valence-corrected chi connectivity index (χ3v) is 2.44. The molecule has 0 saturated carbocycles. The summed E-state index contributed by atoms with van der Waals surface area (Å²) in [4.78, 5) is 23.9. The Hall–Kier alpha value is -1.10. The molecular formula is C10H17NO4. The Morgan fingerprint density at radius 2 is 2.27 bits per heavy atom. The number of rotatable bonds is 4. The molecule has 0 radical (unpaired) electrons. The zero-order valence-electron chi connectivity index (χ0n) is 8.94. The van der Waals surface area contributed by atoms with Gasteiger partial charge in [-0.15, -0.1) is 0 Å². The number of hydrogen-bond acceptors (Lipinski definition) is 3. The van der Waals surface area contributed by atoms with Gasteiger partial charge in [0.05, 0.1) is 13.2 Å². The van der Waals surface area contributed by atoms with Crippen LogP contribution in [0.15, 0.2) is 0 Å². The molecule has 1 N–H and O–H groups in total. The zero-order chi connectivity index (χ0) is 11.3. The molecule has 1 atom stereocenters. The fraction of sp³-hybridized carbons (Fsp3) is 0.800. The maximum atomic E-state index is 11.6. The van der Waals surface area contributed by atoms with Crippen LogP contribution in [-0.2, 0) is 14.3 Å². The van der Waals surface area contributed by atoms with Crippen molar-refractivity contribution in [2.45, 2.75) is 32.3 Å². The van der Waals surface area contributed by atoms with E-state index in [1.807, 2.05) is 6.92 Å². The number of unbranched alkanes of at least 4 members (excludes halogenated alkanes) is 1. The Morgan fingerprint density at radius 3 is 2.87 bits per heavy atom. The second-order valence-corrected chi connectivity index (χ2v) is 3.64. The minimum Gasteiger partial charge on any atom is -0.479 e. The van der Waals surface area contributed by atoms with Crippen LogP contribution in [0.1, 0.15) is 26.2 Å². The van der Waals surface area contributed by atoms with Crippen molar-refractivity contribution in [1.82, 2.24) is 4.90 Å². The summed E-state index contributed by atoms with van der Waals surface area (Å²) in [7, 11) is 0. The standard InChI is InChI=1S/C10H17NO4/c1-2-3-4-9(12)11-5-6-15-8(7-11)10(13)14/h8H,2-7H2,1H3,(H,13,14). The van der Waals surface area contributed by atoms with Gasteiger partial charge < -0.3 is 14.7 Å². The molecule has 1 fully saturated rings.